The quantitative estimate of drug-likeness (QED) is 0.347. The smallest absolute Gasteiger partial charge is 0.242 e. The van der Waals surface area contributed by atoms with E-state index in [1.54, 1.807) is 6.08 Å². The van der Waals surface area contributed by atoms with Crippen LogP contribution >= 0.6 is 0 Å². The second-order valence-electron chi connectivity index (χ2n) is 4.93. The Morgan fingerprint density at radius 2 is 2.36 bits per heavy atom. The molecule has 5 nitrogen and oxygen atoms in total. The number of benzene rings is 1. The van der Waals surface area contributed by atoms with Crippen molar-refractivity contribution in [1.82, 2.24) is 0 Å². The molecule has 22 heavy (non-hydrogen) atoms. The van der Waals surface area contributed by atoms with Crippen LogP contribution in [0.15, 0.2) is 53.2 Å². The summed E-state index contributed by atoms with van der Waals surface area (Å²) in [6.07, 6.45) is 11.1. The van der Waals surface area contributed by atoms with E-state index in [1.807, 2.05) is 31.2 Å². The molecule has 0 fully saturated rings. The molecule has 1 aromatic carbocycles. The van der Waals surface area contributed by atoms with Crippen LogP contribution in [0.5, 0.6) is 5.75 Å². The number of aryl methyl sites for hydroxylation is 1. The minimum Gasteiger partial charge on any atom is -0.488 e. The average molecular weight is 295 g/mol. The van der Waals surface area contributed by atoms with Crippen LogP contribution in [0.25, 0.3) is 16.5 Å². The maximum absolute atomic E-state index is 11.3. The second kappa shape index (κ2) is 7.86. The molecule has 5 heteroatoms. The van der Waals surface area contributed by atoms with Gasteiger partial charge in [0.2, 0.25) is 5.91 Å². The molecule has 0 unspecified atom stereocenters. The van der Waals surface area contributed by atoms with Gasteiger partial charge in [0.1, 0.15) is 12.4 Å². The van der Waals surface area contributed by atoms with E-state index in [2.05, 4.69) is 22.2 Å². The van der Waals surface area contributed by atoms with E-state index in [4.69, 9.17) is 10.3 Å². The maximum atomic E-state index is 11.3. The average Bonchev–Trinajstić information content (AvgIpc) is 2.53. The number of amides is 1. The van der Waals surface area contributed by atoms with Gasteiger partial charge in [-0.05, 0) is 53.7 Å². The number of rotatable bonds is 5. The van der Waals surface area contributed by atoms with Gasteiger partial charge in [-0.15, -0.1) is 0 Å². The van der Waals surface area contributed by atoms with Crippen molar-refractivity contribution in [2.45, 2.75) is 19.8 Å². The van der Waals surface area contributed by atoms with Crippen molar-refractivity contribution in [3.63, 3.8) is 0 Å². The highest BCUT2D eigenvalue weighted by atomic mass is 16.5. The summed E-state index contributed by atoms with van der Waals surface area (Å²) in [5.74, 6) is 0.109. The van der Waals surface area contributed by atoms with Crippen molar-refractivity contribution in [2.75, 3.05) is 6.61 Å². The summed E-state index contributed by atoms with van der Waals surface area (Å²) in [5.41, 5.74) is 11.2. The second-order valence-corrected chi connectivity index (χ2v) is 4.93. The first kappa shape index (κ1) is 15.6. The van der Waals surface area contributed by atoms with Crippen molar-refractivity contribution < 1.29 is 9.53 Å². The van der Waals surface area contributed by atoms with E-state index in [9.17, 15) is 4.79 Å². The van der Waals surface area contributed by atoms with Crippen molar-refractivity contribution >= 4 is 12.0 Å². The molecule has 1 aliphatic rings. The third kappa shape index (κ3) is 4.36. The maximum Gasteiger partial charge on any atom is 0.242 e. The zero-order valence-corrected chi connectivity index (χ0v) is 12.4. The monoisotopic (exact) mass is 295 g/mol. The van der Waals surface area contributed by atoms with E-state index in [0.29, 0.717) is 6.61 Å². The highest BCUT2D eigenvalue weighted by Gasteiger charge is 2.07. The molecule has 1 amide bonds. The fraction of sp³-hybridized carbons (Fsp3) is 0.235. The predicted molar refractivity (Wildman–Crippen MR) is 86.3 cm³/mol. The Hall–Kier alpha value is -2.78. The van der Waals surface area contributed by atoms with E-state index < -0.39 is 5.91 Å². The fourth-order valence-corrected chi connectivity index (χ4v) is 2.18. The number of azide groups is 1. The lowest BCUT2D eigenvalue weighted by molar-refractivity contribution is -0.113. The van der Waals surface area contributed by atoms with Gasteiger partial charge in [0.25, 0.3) is 0 Å². The molecule has 0 saturated heterocycles. The number of ether oxygens (including phenoxy) is 1. The summed E-state index contributed by atoms with van der Waals surface area (Å²) in [5, 5.41) is 3.01. The van der Waals surface area contributed by atoms with E-state index in [-0.39, 0.29) is 0 Å². The number of nitrogens with zero attached hydrogens (tertiary/aromatic N) is 3. The standard InChI is InChI=1S/C17H17N3O2/c1-13-6-5-9-15(10-11-16(21)19-20-18)17(13)22-12-14-7-3-2-4-8-14/h2-3,5-7,9-11H,4,8,12H2,1H3/b11-10+. The van der Waals surface area contributed by atoms with Gasteiger partial charge >= 0.3 is 0 Å². The molecule has 0 N–H and O–H groups in total. The zero-order chi connectivity index (χ0) is 15.8. The lowest BCUT2D eigenvalue weighted by Crippen LogP contribution is -2.04. The van der Waals surface area contributed by atoms with Crippen LogP contribution in [0.1, 0.15) is 24.0 Å². The number of hydrogen-bond acceptors (Lipinski definition) is 2. The topological polar surface area (TPSA) is 75.1 Å². The summed E-state index contributed by atoms with van der Waals surface area (Å²) in [4.78, 5) is 13.7. The Labute approximate surface area is 129 Å². The van der Waals surface area contributed by atoms with Gasteiger partial charge in [-0.25, -0.2) is 0 Å². The highest BCUT2D eigenvalue weighted by Crippen LogP contribution is 2.26. The van der Waals surface area contributed by atoms with E-state index in [1.165, 1.54) is 11.6 Å². The van der Waals surface area contributed by atoms with Crippen LogP contribution in [0.3, 0.4) is 0 Å². The Morgan fingerprint density at radius 1 is 1.50 bits per heavy atom. The van der Waals surface area contributed by atoms with Gasteiger partial charge in [-0.2, -0.15) is 0 Å². The molecule has 0 aliphatic heterocycles. The van der Waals surface area contributed by atoms with E-state index in [0.717, 1.165) is 29.7 Å². The predicted octanol–water partition coefficient (Wildman–Crippen LogP) is 4.50. The number of hydrogen-bond donors (Lipinski definition) is 0. The van der Waals surface area contributed by atoms with Crippen molar-refractivity contribution in [1.29, 1.82) is 0 Å². The number of carbonyl (C=O) groups is 1. The summed E-state index contributed by atoms with van der Waals surface area (Å²) >= 11 is 0. The molecule has 0 spiro atoms. The van der Waals surface area contributed by atoms with Gasteiger partial charge in [0.05, 0.1) is 0 Å². The molecule has 0 bridgehead atoms. The minimum atomic E-state index is -0.630. The Balaban J connectivity index is 2.15. The number of allylic oxidation sites excluding steroid dienone is 3. The molecule has 0 aromatic heterocycles. The zero-order valence-electron chi connectivity index (χ0n) is 12.4. The summed E-state index contributed by atoms with van der Waals surface area (Å²) in [7, 11) is 0. The normalized spacial score (nSPS) is 13.6. The Kier molecular flexibility index (Phi) is 5.57. The molecule has 1 aromatic rings. The molecule has 0 heterocycles. The van der Waals surface area contributed by atoms with Gasteiger partial charge < -0.3 is 4.74 Å². The first-order valence-corrected chi connectivity index (χ1v) is 7.05. The van der Waals surface area contributed by atoms with E-state index >= 15 is 0 Å². The Bertz CT molecular complexity index is 696. The van der Waals surface area contributed by atoms with Crippen LogP contribution in [0.4, 0.5) is 0 Å². The van der Waals surface area contributed by atoms with Gasteiger partial charge in [0.15, 0.2) is 0 Å². The van der Waals surface area contributed by atoms with Crippen molar-refractivity contribution in [2.24, 2.45) is 5.11 Å². The molecular weight excluding hydrogens is 278 g/mol. The van der Waals surface area contributed by atoms with Crippen molar-refractivity contribution in [3.05, 3.63) is 69.6 Å². The summed E-state index contributed by atoms with van der Waals surface area (Å²) in [6, 6.07) is 5.71. The molecule has 0 atom stereocenters. The van der Waals surface area contributed by atoms with Gasteiger partial charge in [-0.1, -0.05) is 36.4 Å². The van der Waals surface area contributed by atoms with Gasteiger partial charge in [-0.3, -0.25) is 4.79 Å². The third-order valence-corrected chi connectivity index (χ3v) is 3.29. The first-order chi connectivity index (χ1) is 10.7. The molecule has 1 aliphatic carbocycles. The van der Waals surface area contributed by atoms with Gasteiger partial charge in [0, 0.05) is 10.5 Å². The van der Waals surface area contributed by atoms with Crippen LogP contribution in [0.2, 0.25) is 0 Å². The van der Waals surface area contributed by atoms with Crippen molar-refractivity contribution in [3.8, 4) is 5.75 Å². The molecule has 2 rings (SSSR count). The summed E-state index contributed by atoms with van der Waals surface area (Å²) < 4.78 is 5.93. The molecule has 112 valence electrons. The lowest BCUT2D eigenvalue weighted by Gasteiger charge is -2.15. The lowest BCUT2D eigenvalue weighted by atomic mass is 10.1. The SMILES string of the molecule is Cc1cccc(/C=C/C(=O)N=[N+]=[N-])c1OCC1=CC=CCC1. The van der Waals surface area contributed by atoms with Crippen LogP contribution in [-0.4, -0.2) is 12.5 Å². The third-order valence-electron chi connectivity index (χ3n) is 3.29. The molecular formula is C17H17N3O2. The Morgan fingerprint density at radius 3 is 3.09 bits per heavy atom. The van der Waals surface area contributed by atoms with Crippen LogP contribution in [0, 0.1) is 6.92 Å². The number of carbonyl (C=O) groups excluding carboxylic acids is 1. The molecule has 0 saturated carbocycles. The van der Waals surface area contributed by atoms with Crippen LogP contribution in [-0.2, 0) is 4.79 Å². The fourth-order valence-electron chi connectivity index (χ4n) is 2.18. The summed E-state index contributed by atoms with van der Waals surface area (Å²) in [6.45, 7) is 2.48. The highest BCUT2D eigenvalue weighted by molar-refractivity contribution is 5.92. The van der Waals surface area contributed by atoms with Crippen LogP contribution < -0.4 is 4.74 Å². The minimum absolute atomic E-state index is 0.528. The first-order valence-electron chi connectivity index (χ1n) is 7.05. The number of para-hydroxylation sites is 1. The molecule has 0 radical (unpaired) electrons. The largest absolute Gasteiger partial charge is 0.488 e.